The van der Waals surface area contributed by atoms with Gasteiger partial charge in [0, 0.05) is 11.1 Å². The zero-order valence-electron chi connectivity index (χ0n) is 8.78. The number of sulfonamides is 1. The van der Waals surface area contributed by atoms with E-state index in [4.69, 9.17) is 28.3 Å². The summed E-state index contributed by atoms with van der Waals surface area (Å²) in [5.74, 6) is 0. The van der Waals surface area contributed by atoms with Gasteiger partial charge in [0.05, 0.1) is 11.6 Å². The third-order valence-corrected chi connectivity index (χ3v) is 4.80. The second kappa shape index (κ2) is 4.74. The molecule has 0 spiro atoms. The van der Waals surface area contributed by atoms with Gasteiger partial charge in [0.25, 0.3) is 0 Å². The smallest absolute Gasteiger partial charge is 0.242 e. The minimum Gasteiger partial charge on any atom is -0.392 e. The van der Waals surface area contributed by atoms with E-state index in [9.17, 15) is 8.42 Å². The van der Waals surface area contributed by atoms with Crippen LogP contribution in [0.3, 0.4) is 0 Å². The summed E-state index contributed by atoms with van der Waals surface area (Å²) in [6.45, 7) is -0.331. The minimum atomic E-state index is -3.63. The van der Waals surface area contributed by atoms with Gasteiger partial charge in [-0.05, 0) is 30.5 Å². The van der Waals surface area contributed by atoms with E-state index in [2.05, 4.69) is 4.72 Å². The Balaban J connectivity index is 2.43. The van der Waals surface area contributed by atoms with Crippen molar-refractivity contribution in [2.45, 2.75) is 30.4 Å². The molecule has 94 valence electrons. The second-order valence-electron chi connectivity index (χ2n) is 3.93. The highest BCUT2D eigenvalue weighted by Gasteiger charge is 2.29. The van der Waals surface area contributed by atoms with Crippen molar-refractivity contribution in [2.75, 3.05) is 0 Å². The lowest BCUT2D eigenvalue weighted by atomic mass is 10.2. The molecule has 0 aliphatic heterocycles. The summed E-state index contributed by atoms with van der Waals surface area (Å²) in [5, 5.41) is 9.36. The van der Waals surface area contributed by atoms with E-state index in [1.165, 1.54) is 12.1 Å². The largest absolute Gasteiger partial charge is 0.392 e. The van der Waals surface area contributed by atoms with E-state index in [0.717, 1.165) is 12.8 Å². The van der Waals surface area contributed by atoms with Crippen molar-refractivity contribution < 1.29 is 13.5 Å². The van der Waals surface area contributed by atoms with Crippen LogP contribution in [-0.2, 0) is 16.6 Å². The molecule has 0 heterocycles. The van der Waals surface area contributed by atoms with Gasteiger partial charge < -0.3 is 5.11 Å². The zero-order chi connectivity index (χ0) is 12.6. The molecule has 1 aromatic rings. The summed E-state index contributed by atoms with van der Waals surface area (Å²) >= 11 is 11.7. The van der Waals surface area contributed by atoms with Crippen LogP contribution in [0, 0.1) is 0 Å². The third kappa shape index (κ3) is 2.92. The molecule has 2 rings (SSSR count). The van der Waals surface area contributed by atoms with Gasteiger partial charge in [-0.15, -0.1) is 0 Å². The van der Waals surface area contributed by atoms with Crippen LogP contribution in [0.2, 0.25) is 10.0 Å². The van der Waals surface area contributed by atoms with E-state index in [1.54, 1.807) is 0 Å². The molecule has 0 radical (unpaired) electrons. The van der Waals surface area contributed by atoms with Gasteiger partial charge in [-0.1, -0.05) is 23.2 Å². The highest BCUT2D eigenvalue weighted by Crippen LogP contribution is 2.30. The SMILES string of the molecule is O=S(=O)(NC1CC1)c1cc(CO)c(Cl)cc1Cl. The average molecular weight is 296 g/mol. The molecule has 4 nitrogen and oxygen atoms in total. The highest BCUT2D eigenvalue weighted by atomic mass is 35.5. The first-order valence-corrected chi connectivity index (χ1v) is 7.29. The Kier molecular flexibility index (Phi) is 3.66. The molecule has 0 saturated heterocycles. The van der Waals surface area contributed by atoms with Crippen LogP contribution < -0.4 is 4.72 Å². The number of nitrogens with one attached hydrogen (secondary N) is 1. The van der Waals surface area contributed by atoms with Crippen LogP contribution >= 0.6 is 23.2 Å². The number of rotatable bonds is 4. The van der Waals surface area contributed by atoms with Crippen molar-refractivity contribution in [3.05, 3.63) is 27.7 Å². The molecule has 1 aliphatic rings. The monoisotopic (exact) mass is 295 g/mol. The van der Waals surface area contributed by atoms with Crippen molar-refractivity contribution >= 4 is 33.2 Å². The number of benzene rings is 1. The molecular formula is C10H11Cl2NO3S. The molecule has 1 fully saturated rings. The molecule has 1 aliphatic carbocycles. The predicted octanol–water partition coefficient (Wildman–Crippen LogP) is 1.93. The highest BCUT2D eigenvalue weighted by molar-refractivity contribution is 7.89. The molecule has 7 heteroatoms. The molecule has 0 aromatic heterocycles. The zero-order valence-corrected chi connectivity index (χ0v) is 11.1. The van der Waals surface area contributed by atoms with Gasteiger partial charge in [-0.3, -0.25) is 0 Å². The first-order valence-electron chi connectivity index (χ1n) is 5.05. The lowest BCUT2D eigenvalue weighted by molar-refractivity contribution is 0.281. The van der Waals surface area contributed by atoms with Gasteiger partial charge in [0.15, 0.2) is 0 Å². The Labute approximate surface area is 110 Å². The number of aliphatic hydroxyl groups excluding tert-OH is 1. The van der Waals surface area contributed by atoms with E-state index in [-0.39, 0.29) is 27.6 Å². The van der Waals surface area contributed by atoms with Gasteiger partial charge in [0.2, 0.25) is 10.0 Å². The molecule has 17 heavy (non-hydrogen) atoms. The standard InChI is InChI=1S/C10H11Cl2NO3S/c11-8-4-9(12)10(3-6(8)5-14)17(15,16)13-7-1-2-7/h3-4,7,13-14H,1-2,5H2. The first-order chi connectivity index (χ1) is 7.94. The van der Waals surface area contributed by atoms with Gasteiger partial charge in [-0.2, -0.15) is 0 Å². The maximum absolute atomic E-state index is 12.0. The summed E-state index contributed by atoms with van der Waals surface area (Å²) in [6.07, 6.45) is 1.69. The number of hydrogen-bond acceptors (Lipinski definition) is 3. The van der Waals surface area contributed by atoms with Crippen molar-refractivity contribution in [1.82, 2.24) is 4.72 Å². The molecular weight excluding hydrogens is 285 g/mol. The van der Waals surface area contributed by atoms with E-state index in [0.29, 0.717) is 5.56 Å². The predicted molar refractivity (Wildman–Crippen MR) is 65.7 cm³/mol. The Bertz CT molecular complexity index is 541. The van der Waals surface area contributed by atoms with E-state index >= 15 is 0 Å². The first kappa shape index (κ1) is 13.1. The topological polar surface area (TPSA) is 66.4 Å². The van der Waals surface area contributed by atoms with Crippen LogP contribution in [0.1, 0.15) is 18.4 Å². The third-order valence-electron chi connectivity index (χ3n) is 2.46. The summed E-state index contributed by atoms with van der Waals surface area (Å²) in [7, 11) is -3.63. The summed E-state index contributed by atoms with van der Waals surface area (Å²) in [6, 6.07) is 2.63. The van der Waals surface area contributed by atoms with Gasteiger partial charge >= 0.3 is 0 Å². The van der Waals surface area contributed by atoms with E-state index < -0.39 is 10.0 Å². The molecule has 1 aromatic carbocycles. The maximum atomic E-state index is 12.0. The van der Waals surface area contributed by atoms with Crippen LogP contribution in [0.5, 0.6) is 0 Å². The Morgan fingerprint density at radius 2 is 1.94 bits per heavy atom. The summed E-state index contributed by atoms with van der Waals surface area (Å²) in [5.41, 5.74) is 0.340. The Morgan fingerprint density at radius 3 is 2.47 bits per heavy atom. The normalized spacial score (nSPS) is 16.2. The number of aliphatic hydroxyl groups is 1. The van der Waals surface area contributed by atoms with Crippen LogP contribution in [0.15, 0.2) is 17.0 Å². The minimum absolute atomic E-state index is 0.00400. The van der Waals surface area contributed by atoms with Gasteiger partial charge in [0.1, 0.15) is 4.90 Å². The van der Waals surface area contributed by atoms with Crippen molar-refractivity contribution in [1.29, 1.82) is 0 Å². The van der Waals surface area contributed by atoms with E-state index in [1.807, 2.05) is 0 Å². The summed E-state index contributed by atoms with van der Waals surface area (Å²) in [4.78, 5) is -0.0421. The number of hydrogen-bond donors (Lipinski definition) is 2. The molecule has 0 bridgehead atoms. The second-order valence-corrected chi connectivity index (χ2v) is 6.42. The fourth-order valence-corrected chi connectivity index (χ4v) is 3.54. The average Bonchev–Trinajstić information content (AvgIpc) is 3.00. The quantitative estimate of drug-likeness (QED) is 0.892. The van der Waals surface area contributed by atoms with Crippen LogP contribution in [-0.4, -0.2) is 19.6 Å². The van der Waals surface area contributed by atoms with Crippen molar-refractivity contribution in [3.63, 3.8) is 0 Å². The Morgan fingerprint density at radius 1 is 1.29 bits per heavy atom. The van der Waals surface area contributed by atoms with Crippen molar-refractivity contribution in [2.24, 2.45) is 0 Å². The molecule has 0 atom stereocenters. The molecule has 2 N–H and O–H groups in total. The van der Waals surface area contributed by atoms with Crippen LogP contribution in [0.25, 0.3) is 0 Å². The van der Waals surface area contributed by atoms with Crippen molar-refractivity contribution in [3.8, 4) is 0 Å². The summed E-state index contributed by atoms with van der Waals surface area (Å²) < 4.78 is 26.4. The van der Waals surface area contributed by atoms with Crippen LogP contribution in [0.4, 0.5) is 0 Å². The lowest BCUT2D eigenvalue weighted by Gasteiger charge is -2.10. The van der Waals surface area contributed by atoms with Gasteiger partial charge in [-0.25, -0.2) is 13.1 Å². The Hall–Kier alpha value is -0.330. The molecule has 0 unspecified atom stereocenters. The fourth-order valence-electron chi connectivity index (χ4n) is 1.38. The lowest BCUT2D eigenvalue weighted by Crippen LogP contribution is -2.26. The number of halogens is 2. The maximum Gasteiger partial charge on any atom is 0.242 e. The molecule has 0 amide bonds. The fraction of sp³-hybridized carbons (Fsp3) is 0.400. The molecule has 1 saturated carbocycles.